The number of nitrogens with one attached hydrogen (secondary N) is 2. The van der Waals surface area contributed by atoms with E-state index in [9.17, 15) is 0 Å². The van der Waals surface area contributed by atoms with E-state index in [0.29, 0.717) is 11.6 Å². The van der Waals surface area contributed by atoms with E-state index in [1.807, 2.05) is 31.2 Å². The molecule has 5 heteroatoms. The van der Waals surface area contributed by atoms with Crippen molar-refractivity contribution in [2.75, 3.05) is 23.4 Å². The highest BCUT2D eigenvalue weighted by Gasteiger charge is 2.01. The lowest BCUT2D eigenvalue weighted by Crippen LogP contribution is -2.03. The molecule has 0 aliphatic carbocycles. The largest absolute Gasteiger partial charge is 0.373 e. The van der Waals surface area contributed by atoms with Crippen molar-refractivity contribution in [1.29, 1.82) is 0 Å². The van der Waals surface area contributed by atoms with Gasteiger partial charge in [0.15, 0.2) is 0 Å². The van der Waals surface area contributed by atoms with Gasteiger partial charge >= 0.3 is 0 Å². The molecule has 88 valence electrons. The Balaban J connectivity index is 2.26. The first-order chi connectivity index (χ1) is 8.17. The molecule has 1 aromatic carbocycles. The Labute approximate surface area is 100 Å². The lowest BCUT2D eigenvalue weighted by molar-refractivity contribution is 1.17. The lowest BCUT2D eigenvalue weighted by Gasteiger charge is -2.08. The molecule has 0 atom stereocenters. The van der Waals surface area contributed by atoms with Gasteiger partial charge in [0.2, 0.25) is 5.95 Å². The molecule has 2 aromatic rings. The Bertz CT molecular complexity index is 524. The molecular weight excluding hydrogens is 214 g/mol. The number of nitrogens with two attached hydrogens (primary N) is 1. The Kier molecular flexibility index (Phi) is 3.09. The van der Waals surface area contributed by atoms with E-state index in [2.05, 4.69) is 20.6 Å². The van der Waals surface area contributed by atoms with Crippen LogP contribution < -0.4 is 16.4 Å². The van der Waals surface area contributed by atoms with E-state index in [1.165, 1.54) is 5.56 Å². The van der Waals surface area contributed by atoms with Crippen molar-refractivity contribution in [3.05, 3.63) is 35.9 Å². The van der Waals surface area contributed by atoms with Crippen LogP contribution in [0.25, 0.3) is 0 Å². The fourth-order valence-electron chi connectivity index (χ4n) is 1.53. The van der Waals surface area contributed by atoms with Gasteiger partial charge in [-0.15, -0.1) is 0 Å². The summed E-state index contributed by atoms with van der Waals surface area (Å²) >= 11 is 0. The molecule has 0 saturated heterocycles. The summed E-state index contributed by atoms with van der Waals surface area (Å²) in [4.78, 5) is 8.15. The molecule has 5 nitrogen and oxygen atoms in total. The van der Waals surface area contributed by atoms with Crippen molar-refractivity contribution >= 4 is 23.3 Å². The van der Waals surface area contributed by atoms with Crippen molar-refractivity contribution < 1.29 is 0 Å². The highest BCUT2D eigenvalue weighted by Crippen LogP contribution is 2.18. The number of aromatic nitrogens is 2. The van der Waals surface area contributed by atoms with E-state index in [4.69, 9.17) is 5.73 Å². The van der Waals surface area contributed by atoms with E-state index in [0.717, 1.165) is 5.69 Å². The van der Waals surface area contributed by atoms with Crippen LogP contribution in [0, 0.1) is 6.92 Å². The molecule has 0 aliphatic rings. The van der Waals surface area contributed by atoms with Crippen molar-refractivity contribution in [2.45, 2.75) is 6.92 Å². The summed E-state index contributed by atoms with van der Waals surface area (Å²) in [7, 11) is 1.79. The second kappa shape index (κ2) is 4.69. The molecule has 4 N–H and O–H groups in total. The van der Waals surface area contributed by atoms with E-state index >= 15 is 0 Å². The highest BCUT2D eigenvalue weighted by molar-refractivity contribution is 5.61. The summed E-state index contributed by atoms with van der Waals surface area (Å²) in [5, 5.41) is 6.12. The van der Waals surface area contributed by atoms with Gasteiger partial charge in [-0.1, -0.05) is 12.1 Å². The first-order valence-electron chi connectivity index (χ1n) is 5.33. The number of nitrogens with zero attached hydrogens (tertiary/aromatic N) is 2. The molecule has 0 aliphatic heterocycles. The van der Waals surface area contributed by atoms with Crippen LogP contribution in [0.4, 0.5) is 23.3 Å². The van der Waals surface area contributed by atoms with Crippen molar-refractivity contribution in [3.8, 4) is 0 Å². The van der Waals surface area contributed by atoms with Gasteiger partial charge in [0.25, 0.3) is 0 Å². The fraction of sp³-hybridized carbons (Fsp3) is 0.167. The minimum atomic E-state index is 0.243. The number of nitrogen functional groups attached to an aromatic ring is 1. The average Bonchev–Trinajstić information content (AvgIpc) is 2.28. The molecule has 0 saturated carbocycles. The monoisotopic (exact) mass is 229 g/mol. The van der Waals surface area contributed by atoms with Gasteiger partial charge in [0, 0.05) is 18.8 Å². The standard InChI is InChI=1S/C12H15N5/c1-8-4-3-5-9(6-8)15-11-7-10(14-2)16-12(13)17-11/h3-7H,1-2H3,(H4,13,14,15,16,17). The Morgan fingerprint density at radius 3 is 2.59 bits per heavy atom. The maximum atomic E-state index is 5.62. The number of rotatable bonds is 3. The van der Waals surface area contributed by atoms with Crippen LogP contribution in [0.5, 0.6) is 0 Å². The summed E-state index contributed by atoms with van der Waals surface area (Å²) < 4.78 is 0. The zero-order chi connectivity index (χ0) is 12.3. The van der Waals surface area contributed by atoms with Gasteiger partial charge in [0.05, 0.1) is 0 Å². The number of aryl methyl sites for hydroxylation is 1. The Morgan fingerprint density at radius 1 is 1.12 bits per heavy atom. The molecule has 0 radical (unpaired) electrons. The normalized spacial score (nSPS) is 10.0. The van der Waals surface area contributed by atoms with Crippen molar-refractivity contribution in [1.82, 2.24) is 9.97 Å². The summed E-state index contributed by atoms with van der Waals surface area (Å²) in [6.07, 6.45) is 0. The quantitative estimate of drug-likeness (QED) is 0.752. The van der Waals surface area contributed by atoms with Gasteiger partial charge in [0.1, 0.15) is 11.6 Å². The minimum absolute atomic E-state index is 0.243. The first-order valence-corrected chi connectivity index (χ1v) is 5.33. The second-order valence-electron chi connectivity index (χ2n) is 3.74. The molecule has 1 aromatic heterocycles. The summed E-state index contributed by atoms with van der Waals surface area (Å²) in [5.74, 6) is 1.60. The van der Waals surface area contributed by atoms with Gasteiger partial charge in [-0.3, -0.25) is 0 Å². The molecule has 0 spiro atoms. The topological polar surface area (TPSA) is 75.9 Å². The zero-order valence-corrected chi connectivity index (χ0v) is 9.86. The predicted molar refractivity (Wildman–Crippen MR) is 70.5 cm³/mol. The zero-order valence-electron chi connectivity index (χ0n) is 9.86. The molecular formula is C12H15N5. The summed E-state index contributed by atoms with van der Waals surface area (Å²) in [6, 6.07) is 9.85. The SMILES string of the molecule is CNc1cc(Nc2cccc(C)c2)nc(N)n1. The first kappa shape index (κ1) is 11.2. The summed E-state index contributed by atoms with van der Waals surface area (Å²) in [6.45, 7) is 2.04. The maximum Gasteiger partial charge on any atom is 0.223 e. The van der Waals surface area contributed by atoms with Gasteiger partial charge in [-0.25, -0.2) is 0 Å². The number of hydrogen-bond acceptors (Lipinski definition) is 5. The Morgan fingerprint density at radius 2 is 1.88 bits per heavy atom. The van der Waals surface area contributed by atoms with Crippen LogP contribution in [-0.2, 0) is 0 Å². The number of hydrogen-bond donors (Lipinski definition) is 3. The Hall–Kier alpha value is -2.30. The van der Waals surface area contributed by atoms with E-state index < -0.39 is 0 Å². The molecule has 0 bridgehead atoms. The maximum absolute atomic E-state index is 5.62. The third-order valence-corrected chi connectivity index (χ3v) is 2.29. The second-order valence-corrected chi connectivity index (χ2v) is 3.74. The fourth-order valence-corrected chi connectivity index (χ4v) is 1.53. The minimum Gasteiger partial charge on any atom is -0.373 e. The van der Waals surface area contributed by atoms with E-state index in [1.54, 1.807) is 13.1 Å². The summed E-state index contributed by atoms with van der Waals surface area (Å²) in [5.41, 5.74) is 7.78. The predicted octanol–water partition coefficient (Wildman–Crippen LogP) is 2.15. The molecule has 2 rings (SSSR count). The van der Waals surface area contributed by atoms with Crippen molar-refractivity contribution in [2.24, 2.45) is 0 Å². The average molecular weight is 229 g/mol. The van der Waals surface area contributed by atoms with Crippen molar-refractivity contribution in [3.63, 3.8) is 0 Å². The number of anilines is 4. The van der Waals surface area contributed by atoms with Gasteiger partial charge in [-0.05, 0) is 24.6 Å². The van der Waals surface area contributed by atoms with Crippen LogP contribution in [0.1, 0.15) is 5.56 Å². The highest BCUT2D eigenvalue weighted by atomic mass is 15.1. The van der Waals surface area contributed by atoms with E-state index in [-0.39, 0.29) is 5.95 Å². The molecule has 17 heavy (non-hydrogen) atoms. The third-order valence-electron chi connectivity index (χ3n) is 2.29. The molecule has 0 unspecified atom stereocenters. The van der Waals surface area contributed by atoms with Gasteiger partial charge < -0.3 is 16.4 Å². The van der Waals surface area contributed by atoms with Crippen LogP contribution in [0.2, 0.25) is 0 Å². The van der Waals surface area contributed by atoms with Crippen LogP contribution in [0.3, 0.4) is 0 Å². The molecule has 0 amide bonds. The smallest absolute Gasteiger partial charge is 0.223 e. The van der Waals surface area contributed by atoms with Crippen LogP contribution >= 0.6 is 0 Å². The van der Waals surface area contributed by atoms with Gasteiger partial charge in [-0.2, -0.15) is 9.97 Å². The van der Waals surface area contributed by atoms with Crippen LogP contribution in [0.15, 0.2) is 30.3 Å². The lowest BCUT2D eigenvalue weighted by atomic mass is 10.2. The molecule has 0 fully saturated rings. The molecule has 1 heterocycles. The third kappa shape index (κ3) is 2.84. The number of benzene rings is 1. The van der Waals surface area contributed by atoms with Crippen LogP contribution in [-0.4, -0.2) is 17.0 Å².